The molecule has 0 rings (SSSR count). The number of rotatable bonds is 3. The van der Waals surface area contributed by atoms with Crippen LogP contribution in [-0.4, -0.2) is 18.3 Å². The van der Waals surface area contributed by atoms with E-state index in [0.717, 1.165) is 6.10 Å². The fourth-order valence-electron chi connectivity index (χ4n) is 0.250. The molecule has 0 aromatic rings. The highest BCUT2D eigenvalue weighted by Crippen LogP contribution is 1.94. The number of aliphatic hydroxyl groups excluding tert-OH is 1. The third-order valence-electron chi connectivity index (χ3n) is 0.482. The smallest absolute Gasteiger partial charge is 0.235 e. The van der Waals surface area contributed by atoms with Crippen LogP contribution in [0, 0.1) is 6.10 Å². The molecule has 0 saturated carbocycles. The van der Waals surface area contributed by atoms with Crippen LogP contribution in [0.2, 0.25) is 0 Å². The molecule has 2 nitrogen and oxygen atoms in total. The van der Waals surface area contributed by atoms with Gasteiger partial charge in [-0.2, -0.15) is 4.74 Å². The Labute approximate surface area is 44.1 Å². The van der Waals surface area contributed by atoms with Gasteiger partial charge in [0.1, 0.15) is 20.5 Å². The lowest BCUT2D eigenvalue weighted by atomic mass is 10.5. The lowest BCUT2D eigenvalue weighted by molar-refractivity contribution is 0.108. The Morgan fingerprint density at radius 2 is 2.14 bits per heavy atom. The van der Waals surface area contributed by atoms with Gasteiger partial charge in [-0.3, -0.25) is 0 Å². The topological polar surface area (TPSA) is 29.5 Å². The van der Waals surface area contributed by atoms with E-state index in [0.29, 0.717) is 6.61 Å². The molecule has 1 N–H and O–H groups in total. The van der Waals surface area contributed by atoms with E-state index in [-0.39, 0.29) is 6.61 Å². The molecule has 0 fully saturated rings. The first-order chi connectivity index (χ1) is 3.27. The van der Waals surface area contributed by atoms with Crippen molar-refractivity contribution in [2.45, 2.75) is 13.8 Å². The second-order valence-electron chi connectivity index (χ2n) is 1.48. The Morgan fingerprint density at radius 1 is 1.57 bits per heavy atom. The van der Waals surface area contributed by atoms with Gasteiger partial charge < -0.3 is 5.11 Å². The molecule has 0 bridgehead atoms. The monoisotopic (exact) mass is 103 g/mol. The van der Waals surface area contributed by atoms with Gasteiger partial charge in [0.05, 0.1) is 6.61 Å². The van der Waals surface area contributed by atoms with Gasteiger partial charge in [-0.25, -0.2) is 0 Å². The first-order valence-corrected chi connectivity index (χ1v) is 2.31. The first-order valence-electron chi connectivity index (χ1n) is 2.31. The quantitative estimate of drug-likeness (QED) is 0.529. The summed E-state index contributed by atoms with van der Waals surface area (Å²) >= 11 is 0. The molecule has 7 heavy (non-hydrogen) atoms. The molecule has 0 atom stereocenters. The van der Waals surface area contributed by atoms with E-state index in [9.17, 15) is 0 Å². The summed E-state index contributed by atoms with van der Waals surface area (Å²) in [6.45, 7) is 4.23. The van der Waals surface area contributed by atoms with Crippen LogP contribution in [0.15, 0.2) is 0 Å². The zero-order valence-electron chi connectivity index (χ0n) is 4.77. The minimum absolute atomic E-state index is 0.102. The molecular weight excluding hydrogens is 92.1 g/mol. The Morgan fingerprint density at radius 3 is 2.29 bits per heavy atom. The number of aliphatic hydroxyl groups is 1. The van der Waals surface area contributed by atoms with Crippen molar-refractivity contribution in [3.63, 3.8) is 0 Å². The Bertz CT molecular complexity index is 35.1. The van der Waals surface area contributed by atoms with E-state index in [4.69, 9.17) is 9.84 Å². The third kappa shape index (κ3) is 5.79. The van der Waals surface area contributed by atoms with Gasteiger partial charge in [0.25, 0.3) is 0 Å². The van der Waals surface area contributed by atoms with Gasteiger partial charge >= 0.3 is 0 Å². The summed E-state index contributed by atoms with van der Waals surface area (Å²) in [5, 5.41) is 8.18. The summed E-state index contributed by atoms with van der Waals surface area (Å²) in [7, 11) is 0. The van der Waals surface area contributed by atoms with Crippen LogP contribution >= 0.6 is 0 Å². The van der Waals surface area contributed by atoms with Gasteiger partial charge in [0.2, 0.25) is 6.10 Å². The SMILES string of the molecule is C[C+](C)OCCO. The molecule has 2 heteroatoms. The lowest BCUT2D eigenvalue weighted by Gasteiger charge is -1.89. The normalized spacial score (nSPS) is 9.00. The minimum Gasteiger partial charge on any atom is -0.394 e. The standard InChI is InChI=1S/C5H11O2/c1-5(2)7-4-3-6/h6H,3-4H2,1-2H3/q+1. The summed E-state index contributed by atoms with van der Waals surface area (Å²) in [5.41, 5.74) is 0. The van der Waals surface area contributed by atoms with Crippen LogP contribution < -0.4 is 0 Å². The summed E-state index contributed by atoms with van der Waals surface area (Å²) in [6, 6.07) is 0. The number of ether oxygens (including phenoxy) is 1. The zero-order chi connectivity index (χ0) is 5.70. The van der Waals surface area contributed by atoms with Crippen molar-refractivity contribution < 1.29 is 9.84 Å². The Kier molecular flexibility index (Phi) is 3.84. The molecule has 0 spiro atoms. The Hall–Kier alpha value is -0.210. The van der Waals surface area contributed by atoms with Crippen molar-refractivity contribution >= 4 is 0 Å². The minimum atomic E-state index is 0.102. The molecule has 0 unspecified atom stereocenters. The largest absolute Gasteiger partial charge is 0.394 e. The zero-order valence-corrected chi connectivity index (χ0v) is 4.77. The highest BCUT2D eigenvalue weighted by atomic mass is 16.5. The van der Waals surface area contributed by atoms with Crippen LogP contribution in [0.4, 0.5) is 0 Å². The molecular formula is C5H11O2+. The van der Waals surface area contributed by atoms with E-state index in [1.807, 2.05) is 13.8 Å². The van der Waals surface area contributed by atoms with Crippen molar-refractivity contribution in [3.8, 4) is 0 Å². The second-order valence-corrected chi connectivity index (χ2v) is 1.48. The highest BCUT2D eigenvalue weighted by Gasteiger charge is 2.01. The van der Waals surface area contributed by atoms with Crippen molar-refractivity contribution in [1.29, 1.82) is 0 Å². The van der Waals surface area contributed by atoms with Crippen LogP contribution in [0.3, 0.4) is 0 Å². The van der Waals surface area contributed by atoms with Crippen LogP contribution in [0.25, 0.3) is 0 Å². The summed E-state index contributed by atoms with van der Waals surface area (Å²) in [6.07, 6.45) is 0.897. The molecule has 0 aliphatic heterocycles. The molecule has 0 aliphatic rings. The van der Waals surface area contributed by atoms with Crippen molar-refractivity contribution in [2.24, 2.45) is 0 Å². The number of hydrogen-bond donors (Lipinski definition) is 1. The summed E-state index contributed by atoms with van der Waals surface area (Å²) in [4.78, 5) is 0. The molecule has 0 radical (unpaired) electrons. The highest BCUT2D eigenvalue weighted by molar-refractivity contribution is 4.58. The molecule has 0 aromatic heterocycles. The van der Waals surface area contributed by atoms with Gasteiger partial charge in [0.15, 0.2) is 0 Å². The fraction of sp³-hybridized carbons (Fsp3) is 0.800. The lowest BCUT2D eigenvalue weighted by Crippen LogP contribution is -1.99. The Balaban J connectivity index is 2.68. The fourth-order valence-corrected chi connectivity index (χ4v) is 0.250. The average molecular weight is 103 g/mol. The number of hydrogen-bond acceptors (Lipinski definition) is 2. The van der Waals surface area contributed by atoms with Crippen LogP contribution in [0.5, 0.6) is 0 Å². The van der Waals surface area contributed by atoms with E-state index >= 15 is 0 Å². The molecule has 0 heterocycles. The summed E-state index contributed by atoms with van der Waals surface area (Å²) in [5.74, 6) is 0. The predicted octanol–water partition coefficient (Wildman–Crippen LogP) is 0.567. The third-order valence-corrected chi connectivity index (χ3v) is 0.482. The van der Waals surface area contributed by atoms with Crippen LogP contribution in [-0.2, 0) is 4.74 Å². The average Bonchev–Trinajstić information content (AvgIpc) is 1.61. The summed E-state index contributed by atoms with van der Waals surface area (Å²) < 4.78 is 4.86. The predicted molar refractivity (Wildman–Crippen MR) is 27.6 cm³/mol. The second kappa shape index (κ2) is 3.96. The van der Waals surface area contributed by atoms with Crippen molar-refractivity contribution in [3.05, 3.63) is 6.10 Å². The molecule has 0 saturated heterocycles. The van der Waals surface area contributed by atoms with Crippen LogP contribution in [0.1, 0.15) is 13.8 Å². The van der Waals surface area contributed by atoms with Gasteiger partial charge in [-0.15, -0.1) is 0 Å². The van der Waals surface area contributed by atoms with E-state index in [1.54, 1.807) is 0 Å². The maximum absolute atomic E-state index is 8.18. The van der Waals surface area contributed by atoms with E-state index in [2.05, 4.69) is 0 Å². The maximum atomic E-state index is 8.18. The van der Waals surface area contributed by atoms with E-state index < -0.39 is 0 Å². The molecule has 42 valence electrons. The molecule has 0 amide bonds. The molecule has 0 aromatic carbocycles. The van der Waals surface area contributed by atoms with Gasteiger partial charge in [-0.1, -0.05) is 0 Å². The maximum Gasteiger partial charge on any atom is 0.235 e. The van der Waals surface area contributed by atoms with Gasteiger partial charge in [0, 0.05) is 0 Å². The van der Waals surface area contributed by atoms with E-state index in [1.165, 1.54) is 0 Å². The van der Waals surface area contributed by atoms with Crippen molar-refractivity contribution in [2.75, 3.05) is 13.2 Å². The molecule has 0 aliphatic carbocycles. The first kappa shape index (κ1) is 6.79. The van der Waals surface area contributed by atoms with Crippen molar-refractivity contribution in [1.82, 2.24) is 0 Å². The van der Waals surface area contributed by atoms with Gasteiger partial charge in [-0.05, 0) is 0 Å².